The van der Waals surface area contributed by atoms with Gasteiger partial charge in [0.1, 0.15) is 5.69 Å². The zero-order valence-electron chi connectivity index (χ0n) is 11.3. The van der Waals surface area contributed by atoms with E-state index in [1.807, 2.05) is 24.4 Å². The zero-order chi connectivity index (χ0) is 14.2. The second-order valence-electron chi connectivity index (χ2n) is 4.88. The molecule has 3 aromatic heterocycles. The number of aromatic nitrogens is 2. The minimum Gasteiger partial charge on any atom is -0.419 e. The molecule has 0 amide bonds. The number of pyridine rings is 1. The van der Waals surface area contributed by atoms with Crippen molar-refractivity contribution in [1.29, 1.82) is 0 Å². The molecule has 1 aliphatic heterocycles. The highest BCUT2D eigenvalue weighted by Gasteiger charge is 2.21. The molecule has 0 unspecified atom stereocenters. The first-order valence-electron chi connectivity index (χ1n) is 6.75. The average Bonchev–Trinajstić information content (AvgIpc) is 3.15. The Labute approximate surface area is 126 Å². The van der Waals surface area contributed by atoms with E-state index in [-0.39, 0.29) is 0 Å². The van der Waals surface area contributed by atoms with Crippen LogP contribution in [0.5, 0.6) is 0 Å². The summed E-state index contributed by atoms with van der Waals surface area (Å²) < 4.78 is 5.82. The van der Waals surface area contributed by atoms with Crippen LogP contribution in [0.4, 0.5) is 5.88 Å². The Kier molecular flexibility index (Phi) is 2.86. The minimum absolute atomic E-state index is 0.649. The van der Waals surface area contributed by atoms with E-state index in [1.54, 1.807) is 17.5 Å². The molecule has 104 valence electrons. The summed E-state index contributed by atoms with van der Waals surface area (Å²) in [5.74, 6) is 1.38. The van der Waals surface area contributed by atoms with Crippen LogP contribution in [-0.4, -0.2) is 16.5 Å². The Morgan fingerprint density at radius 3 is 2.95 bits per heavy atom. The van der Waals surface area contributed by atoms with Gasteiger partial charge in [-0.25, -0.2) is 4.98 Å². The van der Waals surface area contributed by atoms with E-state index in [1.165, 1.54) is 0 Å². The molecule has 0 radical (unpaired) electrons. The first-order chi connectivity index (χ1) is 10.3. The minimum atomic E-state index is 0.649. The first kappa shape index (κ1) is 12.3. The quantitative estimate of drug-likeness (QED) is 0.766. The predicted molar refractivity (Wildman–Crippen MR) is 85.2 cm³/mol. The van der Waals surface area contributed by atoms with E-state index in [4.69, 9.17) is 4.42 Å². The number of thiophene rings is 1. The van der Waals surface area contributed by atoms with Gasteiger partial charge in [0.15, 0.2) is 0 Å². The van der Waals surface area contributed by atoms with Crippen LogP contribution in [-0.2, 0) is 0 Å². The van der Waals surface area contributed by atoms with Gasteiger partial charge >= 0.3 is 0 Å². The normalized spacial score (nSPS) is 13.8. The van der Waals surface area contributed by atoms with E-state index in [0.29, 0.717) is 5.89 Å². The number of nitrogens with zero attached hydrogens (tertiary/aromatic N) is 2. The summed E-state index contributed by atoms with van der Waals surface area (Å²) in [6.45, 7) is 4.90. The van der Waals surface area contributed by atoms with E-state index >= 15 is 0 Å². The van der Waals surface area contributed by atoms with E-state index < -0.39 is 0 Å². The van der Waals surface area contributed by atoms with Crippen LogP contribution in [0.2, 0.25) is 0 Å². The summed E-state index contributed by atoms with van der Waals surface area (Å²) in [4.78, 5) is 10.9. The lowest BCUT2D eigenvalue weighted by molar-refractivity contribution is 0.585. The van der Waals surface area contributed by atoms with Crippen molar-refractivity contribution in [2.24, 2.45) is 0 Å². The monoisotopic (exact) mass is 295 g/mol. The summed E-state index contributed by atoms with van der Waals surface area (Å²) in [6, 6.07) is 8.09. The van der Waals surface area contributed by atoms with Crippen molar-refractivity contribution >= 4 is 22.8 Å². The highest BCUT2D eigenvalue weighted by Crippen LogP contribution is 2.38. The van der Waals surface area contributed by atoms with Crippen LogP contribution in [0.15, 0.2) is 47.7 Å². The zero-order valence-corrected chi connectivity index (χ0v) is 12.1. The van der Waals surface area contributed by atoms with Crippen molar-refractivity contribution in [3.8, 4) is 21.2 Å². The molecular formula is C16H13N3OS. The molecular weight excluding hydrogens is 282 g/mol. The molecule has 0 bridgehead atoms. The van der Waals surface area contributed by atoms with Crippen LogP contribution < -0.4 is 5.32 Å². The van der Waals surface area contributed by atoms with Crippen LogP contribution in [0.25, 0.3) is 26.8 Å². The van der Waals surface area contributed by atoms with Gasteiger partial charge in [0.2, 0.25) is 11.8 Å². The van der Waals surface area contributed by atoms with Gasteiger partial charge in [-0.05, 0) is 30.2 Å². The lowest BCUT2D eigenvalue weighted by Gasteiger charge is -2.11. The van der Waals surface area contributed by atoms with Crippen molar-refractivity contribution in [1.82, 2.24) is 9.97 Å². The summed E-state index contributed by atoms with van der Waals surface area (Å²) >= 11 is 1.65. The second kappa shape index (κ2) is 4.86. The van der Waals surface area contributed by atoms with Gasteiger partial charge in [0.25, 0.3) is 0 Å². The number of hydrogen-bond acceptors (Lipinski definition) is 5. The molecule has 4 rings (SSSR count). The van der Waals surface area contributed by atoms with Crippen molar-refractivity contribution in [2.75, 3.05) is 11.9 Å². The highest BCUT2D eigenvalue weighted by atomic mass is 32.1. The van der Waals surface area contributed by atoms with Crippen LogP contribution in [0.1, 0.15) is 12.1 Å². The maximum Gasteiger partial charge on any atom is 0.239 e. The molecule has 4 nitrogen and oxygen atoms in total. The van der Waals surface area contributed by atoms with Gasteiger partial charge in [0.05, 0.1) is 4.88 Å². The summed E-state index contributed by atoms with van der Waals surface area (Å²) in [7, 11) is 0. The maximum absolute atomic E-state index is 5.82. The molecule has 3 aromatic rings. The van der Waals surface area contributed by atoms with Crippen molar-refractivity contribution < 1.29 is 4.42 Å². The van der Waals surface area contributed by atoms with E-state index in [2.05, 4.69) is 27.9 Å². The van der Waals surface area contributed by atoms with Crippen molar-refractivity contribution in [3.05, 3.63) is 48.9 Å². The molecule has 1 N–H and O–H groups in total. The standard InChI is InChI=1S/C16H13N3OS/c1-10-6-8-18-16-14(10)19-15(20-16)13-5-4-12(21-13)11-3-2-7-17-9-11/h2-5,7,9,18H,1,6,8H2. The predicted octanol–water partition coefficient (Wildman–Crippen LogP) is 4.29. The molecule has 0 saturated carbocycles. The van der Waals surface area contributed by atoms with Gasteiger partial charge in [-0.2, -0.15) is 0 Å². The lowest BCUT2D eigenvalue weighted by atomic mass is 10.1. The number of anilines is 1. The Hall–Kier alpha value is -2.40. The summed E-state index contributed by atoms with van der Waals surface area (Å²) in [6.07, 6.45) is 4.54. The molecule has 0 aromatic carbocycles. The molecule has 0 saturated heterocycles. The molecule has 0 spiro atoms. The Morgan fingerprint density at radius 2 is 2.14 bits per heavy atom. The Bertz CT molecular complexity index is 804. The second-order valence-corrected chi connectivity index (χ2v) is 5.97. The van der Waals surface area contributed by atoms with Gasteiger partial charge in [0, 0.05) is 29.4 Å². The fourth-order valence-corrected chi connectivity index (χ4v) is 3.27. The highest BCUT2D eigenvalue weighted by molar-refractivity contribution is 7.18. The SMILES string of the molecule is C=C1CCNc2oc(-c3ccc(-c4cccnc4)s3)nc21. The third-order valence-electron chi connectivity index (χ3n) is 3.44. The summed E-state index contributed by atoms with van der Waals surface area (Å²) in [5, 5.41) is 3.23. The van der Waals surface area contributed by atoms with Gasteiger partial charge in [-0.3, -0.25) is 4.98 Å². The number of hydrogen-bond donors (Lipinski definition) is 1. The lowest BCUT2D eigenvalue weighted by Crippen LogP contribution is -2.08. The fourth-order valence-electron chi connectivity index (χ4n) is 2.35. The van der Waals surface area contributed by atoms with Gasteiger partial charge in [-0.1, -0.05) is 12.6 Å². The average molecular weight is 295 g/mol. The molecule has 1 aliphatic rings. The largest absolute Gasteiger partial charge is 0.419 e. The third kappa shape index (κ3) is 2.15. The third-order valence-corrected chi connectivity index (χ3v) is 4.56. The van der Waals surface area contributed by atoms with Crippen molar-refractivity contribution in [2.45, 2.75) is 6.42 Å². The maximum atomic E-state index is 5.82. The number of rotatable bonds is 2. The molecule has 21 heavy (non-hydrogen) atoms. The first-order valence-corrected chi connectivity index (χ1v) is 7.56. The molecule has 0 aliphatic carbocycles. The van der Waals surface area contributed by atoms with Crippen LogP contribution in [0.3, 0.4) is 0 Å². The van der Waals surface area contributed by atoms with Gasteiger partial charge in [-0.15, -0.1) is 11.3 Å². The molecule has 0 fully saturated rings. The molecule has 5 heteroatoms. The fraction of sp³-hybridized carbons (Fsp3) is 0.125. The number of nitrogens with one attached hydrogen (secondary N) is 1. The van der Waals surface area contributed by atoms with Crippen LogP contribution in [0, 0.1) is 0 Å². The number of fused-ring (bicyclic) bond motifs is 1. The molecule has 4 heterocycles. The number of oxazole rings is 1. The Balaban J connectivity index is 1.72. The Morgan fingerprint density at radius 1 is 1.24 bits per heavy atom. The smallest absolute Gasteiger partial charge is 0.239 e. The van der Waals surface area contributed by atoms with Crippen molar-refractivity contribution in [3.63, 3.8) is 0 Å². The topological polar surface area (TPSA) is 51.0 Å². The van der Waals surface area contributed by atoms with Crippen LogP contribution >= 0.6 is 11.3 Å². The van der Waals surface area contributed by atoms with Gasteiger partial charge < -0.3 is 9.73 Å². The van der Waals surface area contributed by atoms with E-state index in [0.717, 1.165) is 45.4 Å². The summed E-state index contributed by atoms with van der Waals surface area (Å²) in [5.41, 5.74) is 2.99. The van der Waals surface area contributed by atoms with E-state index in [9.17, 15) is 0 Å². The molecule has 0 atom stereocenters.